The Balaban J connectivity index is 1.40. The second kappa shape index (κ2) is 17.7. The molecule has 0 aromatic heterocycles. The van der Waals surface area contributed by atoms with Crippen LogP contribution in [0.25, 0.3) is 0 Å². The van der Waals surface area contributed by atoms with Crippen LogP contribution in [0.5, 0.6) is 5.75 Å². The Bertz CT molecular complexity index is 1410. The van der Waals surface area contributed by atoms with Crippen LogP contribution in [-0.2, 0) is 9.59 Å². The normalized spacial score (nSPS) is 18.8. The summed E-state index contributed by atoms with van der Waals surface area (Å²) < 4.78 is 6.55. The van der Waals surface area contributed by atoms with E-state index in [1.807, 2.05) is 6.92 Å². The number of carbonyl (C=O) groups excluding carboxylic acids is 4. The summed E-state index contributed by atoms with van der Waals surface area (Å²) in [5.41, 5.74) is 7.64. The van der Waals surface area contributed by atoms with Gasteiger partial charge >= 0.3 is 6.03 Å². The first-order valence-corrected chi connectivity index (χ1v) is 17.2. The number of nitrogens with one attached hydrogen (secondary N) is 3. The lowest BCUT2D eigenvalue weighted by atomic mass is 9.96. The number of unbranched alkanes of at least 4 members (excludes halogenated alkanes) is 2. The highest BCUT2D eigenvalue weighted by Crippen LogP contribution is 2.35. The van der Waals surface area contributed by atoms with Gasteiger partial charge in [0.25, 0.3) is 5.91 Å². The quantitative estimate of drug-likeness (QED) is 0.149. The standard InChI is InChI=1S/C36H52N6O6/c1-24-21-42(25(2)23-43)35(46)27-15-12-18-30(34(27)48-31(24)22-41(3)36(47)38-26-13-6-4-7-14-26)40-33(45)20-9-5-8-19-32(44)39-29-17-11-10-16-28(29)37/h10-12,15-18,24-26,31,43H,4-9,13-14,19-23,37H2,1-3H3,(H,38,47)(H,39,44)(H,40,45)/t24-,25+,31-/m1/s1. The summed E-state index contributed by atoms with van der Waals surface area (Å²) in [5, 5.41) is 18.9. The van der Waals surface area contributed by atoms with Gasteiger partial charge in [-0.3, -0.25) is 14.4 Å². The van der Waals surface area contributed by atoms with E-state index < -0.39 is 12.1 Å². The molecular formula is C36H52N6O6. The third kappa shape index (κ3) is 10.1. The zero-order valence-corrected chi connectivity index (χ0v) is 28.5. The van der Waals surface area contributed by atoms with Crippen LogP contribution in [0.3, 0.4) is 0 Å². The molecule has 1 fully saturated rings. The number of para-hydroxylation sites is 3. The summed E-state index contributed by atoms with van der Waals surface area (Å²) in [6, 6.07) is 11.7. The Morgan fingerprint density at radius 2 is 1.62 bits per heavy atom. The second-order valence-corrected chi connectivity index (χ2v) is 13.2. The lowest BCUT2D eigenvalue weighted by Gasteiger charge is -2.38. The molecule has 0 radical (unpaired) electrons. The minimum Gasteiger partial charge on any atom is -0.485 e. The van der Waals surface area contributed by atoms with E-state index in [9.17, 15) is 24.3 Å². The highest BCUT2D eigenvalue weighted by molar-refractivity contribution is 6.01. The number of carbonyl (C=O) groups is 4. The average Bonchev–Trinajstić information content (AvgIpc) is 3.07. The van der Waals surface area contributed by atoms with Crippen LogP contribution in [0.1, 0.15) is 88.4 Å². The highest BCUT2D eigenvalue weighted by atomic mass is 16.5. The number of nitrogens with zero attached hydrogens (tertiary/aromatic N) is 2. The molecule has 0 spiro atoms. The van der Waals surface area contributed by atoms with Crippen LogP contribution in [0.15, 0.2) is 42.5 Å². The predicted octanol–water partition coefficient (Wildman–Crippen LogP) is 4.99. The van der Waals surface area contributed by atoms with Crippen molar-refractivity contribution < 1.29 is 29.0 Å². The number of nitrogens with two attached hydrogens (primary N) is 1. The number of benzene rings is 2. The summed E-state index contributed by atoms with van der Waals surface area (Å²) in [6.45, 7) is 4.14. The van der Waals surface area contributed by atoms with Crippen molar-refractivity contribution in [3.05, 3.63) is 48.0 Å². The third-order valence-electron chi connectivity index (χ3n) is 9.24. The predicted molar refractivity (Wildman–Crippen MR) is 187 cm³/mol. The van der Waals surface area contributed by atoms with Gasteiger partial charge in [0.2, 0.25) is 11.8 Å². The molecule has 0 bridgehead atoms. The van der Waals surface area contributed by atoms with Crippen molar-refractivity contribution in [2.24, 2.45) is 5.92 Å². The fourth-order valence-corrected chi connectivity index (χ4v) is 6.23. The first-order valence-electron chi connectivity index (χ1n) is 17.2. The lowest BCUT2D eigenvalue weighted by molar-refractivity contribution is -0.116. The Labute approximate surface area is 283 Å². The number of ether oxygens (including phenoxy) is 1. The zero-order valence-electron chi connectivity index (χ0n) is 28.5. The van der Waals surface area contributed by atoms with Gasteiger partial charge in [0.15, 0.2) is 5.75 Å². The van der Waals surface area contributed by atoms with Crippen LogP contribution in [0, 0.1) is 5.92 Å². The maximum Gasteiger partial charge on any atom is 0.317 e. The molecule has 6 N–H and O–H groups in total. The van der Waals surface area contributed by atoms with E-state index in [0.29, 0.717) is 49.3 Å². The largest absolute Gasteiger partial charge is 0.485 e. The third-order valence-corrected chi connectivity index (χ3v) is 9.24. The van der Waals surface area contributed by atoms with Gasteiger partial charge in [-0.15, -0.1) is 0 Å². The van der Waals surface area contributed by atoms with E-state index in [0.717, 1.165) is 25.7 Å². The van der Waals surface area contributed by atoms with Crippen LogP contribution < -0.4 is 26.4 Å². The number of hydrogen-bond acceptors (Lipinski definition) is 7. The lowest BCUT2D eigenvalue weighted by Crippen LogP contribution is -2.52. The van der Waals surface area contributed by atoms with Gasteiger partial charge in [-0.1, -0.05) is 50.8 Å². The number of anilines is 3. The number of rotatable bonds is 13. The van der Waals surface area contributed by atoms with Crippen LogP contribution >= 0.6 is 0 Å². The molecule has 1 aliphatic heterocycles. The Morgan fingerprint density at radius 1 is 0.979 bits per heavy atom. The zero-order chi connectivity index (χ0) is 34.6. The maximum atomic E-state index is 13.8. The van der Waals surface area contributed by atoms with Gasteiger partial charge in [-0.05, 0) is 56.9 Å². The van der Waals surface area contributed by atoms with Gasteiger partial charge < -0.3 is 41.3 Å². The number of fused-ring (bicyclic) bond motifs is 1. The number of nitrogen functional groups attached to an aromatic ring is 1. The monoisotopic (exact) mass is 664 g/mol. The Hall–Kier alpha value is -4.32. The van der Waals surface area contributed by atoms with Crippen molar-refractivity contribution in [1.82, 2.24) is 15.1 Å². The molecule has 3 atom stereocenters. The fourth-order valence-electron chi connectivity index (χ4n) is 6.23. The summed E-state index contributed by atoms with van der Waals surface area (Å²) in [7, 11) is 1.74. The molecule has 0 unspecified atom stereocenters. The second-order valence-electron chi connectivity index (χ2n) is 13.2. The first-order chi connectivity index (χ1) is 23.1. The van der Waals surface area contributed by atoms with Gasteiger partial charge in [0.1, 0.15) is 6.10 Å². The molecule has 1 saturated carbocycles. The summed E-state index contributed by atoms with van der Waals surface area (Å²) in [4.78, 5) is 55.6. The maximum absolute atomic E-state index is 13.8. The van der Waals surface area contributed by atoms with E-state index >= 15 is 0 Å². The van der Waals surface area contributed by atoms with Crippen molar-refractivity contribution in [1.29, 1.82) is 0 Å². The minimum absolute atomic E-state index is 0.132. The van der Waals surface area contributed by atoms with Crippen molar-refractivity contribution in [3.63, 3.8) is 0 Å². The van der Waals surface area contributed by atoms with E-state index in [4.69, 9.17) is 10.5 Å². The van der Waals surface area contributed by atoms with Crippen molar-refractivity contribution in [3.8, 4) is 5.75 Å². The number of hydrogen-bond donors (Lipinski definition) is 5. The minimum atomic E-state index is -0.497. The SMILES string of the molecule is C[C@@H]1CN([C@@H](C)CO)C(=O)c2cccc(NC(=O)CCCCCC(=O)Nc3ccccc3N)c2O[C@@H]1CN(C)C(=O)NC1CCCCC1. The molecule has 4 rings (SSSR count). The smallest absolute Gasteiger partial charge is 0.317 e. The number of aliphatic hydroxyl groups excluding tert-OH is 1. The Morgan fingerprint density at radius 3 is 2.29 bits per heavy atom. The number of amides is 5. The van der Waals surface area contributed by atoms with Crippen molar-refractivity contribution >= 4 is 40.8 Å². The van der Waals surface area contributed by atoms with Crippen LogP contribution in [0.2, 0.25) is 0 Å². The number of urea groups is 1. The molecule has 1 heterocycles. The molecule has 5 amide bonds. The van der Waals surface area contributed by atoms with Crippen molar-refractivity contribution in [2.45, 2.75) is 96.2 Å². The molecule has 262 valence electrons. The number of likely N-dealkylation sites (N-methyl/N-ethyl adjacent to an activating group) is 1. The number of aliphatic hydroxyl groups is 1. The molecule has 12 nitrogen and oxygen atoms in total. The molecular weight excluding hydrogens is 612 g/mol. The molecule has 48 heavy (non-hydrogen) atoms. The fraction of sp³-hybridized carbons (Fsp3) is 0.556. The van der Waals surface area contributed by atoms with Crippen LogP contribution in [-0.4, -0.2) is 83.6 Å². The molecule has 12 heteroatoms. The topological polar surface area (TPSA) is 166 Å². The highest BCUT2D eigenvalue weighted by Gasteiger charge is 2.35. The van der Waals surface area contributed by atoms with Crippen LogP contribution in [0.4, 0.5) is 21.9 Å². The van der Waals surface area contributed by atoms with E-state index in [-0.39, 0.29) is 66.6 Å². The van der Waals surface area contributed by atoms with E-state index in [2.05, 4.69) is 16.0 Å². The summed E-state index contributed by atoms with van der Waals surface area (Å²) >= 11 is 0. The average molecular weight is 665 g/mol. The van der Waals surface area contributed by atoms with E-state index in [1.54, 1.807) is 66.2 Å². The molecule has 2 aliphatic rings. The molecule has 2 aromatic rings. The van der Waals surface area contributed by atoms with E-state index in [1.165, 1.54) is 6.42 Å². The molecule has 1 aliphatic carbocycles. The summed E-state index contributed by atoms with van der Waals surface area (Å²) in [5.74, 6) is -0.614. The summed E-state index contributed by atoms with van der Waals surface area (Å²) in [6.07, 6.45) is 7.26. The molecule has 0 saturated heterocycles. The van der Waals surface area contributed by atoms with Gasteiger partial charge in [0.05, 0.1) is 41.8 Å². The van der Waals surface area contributed by atoms with Gasteiger partial charge in [-0.2, -0.15) is 0 Å². The molecule has 2 aromatic carbocycles. The first kappa shape index (κ1) is 36.5. The Kier molecular flexibility index (Phi) is 13.5. The van der Waals surface area contributed by atoms with Gasteiger partial charge in [0, 0.05) is 38.4 Å². The van der Waals surface area contributed by atoms with Gasteiger partial charge in [-0.25, -0.2) is 4.79 Å². The van der Waals surface area contributed by atoms with Crippen molar-refractivity contribution in [2.75, 3.05) is 43.1 Å².